The summed E-state index contributed by atoms with van der Waals surface area (Å²) in [5.74, 6) is 2.30. The van der Waals surface area contributed by atoms with E-state index in [4.69, 9.17) is 0 Å². The third kappa shape index (κ3) is 5.82. The van der Waals surface area contributed by atoms with E-state index in [1.54, 1.807) is 6.92 Å². The maximum atomic E-state index is 11.5. The van der Waals surface area contributed by atoms with E-state index in [2.05, 4.69) is 12.2 Å². The van der Waals surface area contributed by atoms with E-state index in [0.717, 1.165) is 24.7 Å². The molecule has 1 unspecified atom stereocenters. The van der Waals surface area contributed by atoms with Crippen LogP contribution in [-0.2, 0) is 9.84 Å². The van der Waals surface area contributed by atoms with Crippen LogP contribution >= 0.6 is 0 Å². The number of hydrogen-bond donors (Lipinski definition) is 1. The summed E-state index contributed by atoms with van der Waals surface area (Å²) in [5, 5.41) is 3.41. The van der Waals surface area contributed by atoms with E-state index in [9.17, 15) is 8.42 Å². The highest BCUT2D eigenvalue weighted by Gasteiger charge is 2.26. The van der Waals surface area contributed by atoms with Crippen LogP contribution in [0.25, 0.3) is 0 Å². The van der Waals surface area contributed by atoms with Crippen molar-refractivity contribution in [2.75, 3.05) is 18.6 Å². The van der Waals surface area contributed by atoms with Gasteiger partial charge in [-0.1, -0.05) is 33.1 Å². The maximum Gasteiger partial charge on any atom is 0.150 e. The van der Waals surface area contributed by atoms with Crippen molar-refractivity contribution in [3.63, 3.8) is 0 Å². The lowest BCUT2D eigenvalue weighted by Gasteiger charge is -2.33. The summed E-state index contributed by atoms with van der Waals surface area (Å²) < 4.78 is 23.0. The highest BCUT2D eigenvalue weighted by molar-refractivity contribution is 7.91. The zero-order chi connectivity index (χ0) is 14.3. The van der Waals surface area contributed by atoms with Gasteiger partial charge in [0.25, 0.3) is 0 Å². The van der Waals surface area contributed by atoms with Gasteiger partial charge in [-0.25, -0.2) is 8.42 Å². The van der Waals surface area contributed by atoms with Gasteiger partial charge in [0.05, 0.1) is 5.75 Å². The van der Waals surface area contributed by atoms with Crippen molar-refractivity contribution in [3.05, 3.63) is 0 Å². The third-order valence-corrected chi connectivity index (χ3v) is 6.61. The van der Waals surface area contributed by atoms with Crippen LogP contribution in [0.5, 0.6) is 0 Å². The number of sulfone groups is 1. The summed E-state index contributed by atoms with van der Waals surface area (Å²) in [4.78, 5) is 0. The van der Waals surface area contributed by atoms with E-state index >= 15 is 0 Å². The number of nitrogens with one attached hydrogen (secondary N) is 1. The molecule has 3 nitrogen and oxygen atoms in total. The van der Waals surface area contributed by atoms with Crippen LogP contribution < -0.4 is 5.32 Å². The van der Waals surface area contributed by atoms with Crippen LogP contribution in [0.1, 0.15) is 58.8 Å². The Labute approximate surface area is 119 Å². The van der Waals surface area contributed by atoms with Crippen molar-refractivity contribution in [2.24, 2.45) is 11.8 Å². The Morgan fingerprint density at radius 3 is 2.26 bits per heavy atom. The lowest BCUT2D eigenvalue weighted by Crippen LogP contribution is -2.36. The topological polar surface area (TPSA) is 46.2 Å². The van der Waals surface area contributed by atoms with Gasteiger partial charge in [-0.2, -0.15) is 0 Å². The van der Waals surface area contributed by atoms with Crippen molar-refractivity contribution in [2.45, 2.75) is 64.8 Å². The Hall–Kier alpha value is -0.0900. The normalized spacial score (nSPS) is 26.3. The third-order valence-electron chi connectivity index (χ3n) is 4.82. The SMILES string of the molecule is CCC1CCC(C(CCCS(=O)(=O)CC)NC)CC1. The summed E-state index contributed by atoms with van der Waals surface area (Å²) in [6, 6.07) is 0.505. The Bertz CT molecular complexity index is 332. The van der Waals surface area contributed by atoms with Gasteiger partial charge in [0.15, 0.2) is 0 Å². The monoisotopic (exact) mass is 289 g/mol. The van der Waals surface area contributed by atoms with E-state index in [1.165, 1.54) is 32.1 Å². The zero-order valence-corrected chi connectivity index (χ0v) is 13.6. The largest absolute Gasteiger partial charge is 0.317 e. The summed E-state index contributed by atoms with van der Waals surface area (Å²) in [6.07, 6.45) is 8.44. The average Bonchev–Trinajstić information content (AvgIpc) is 2.44. The predicted octanol–water partition coefficient (Wildman–Crippen LogP) is 3.01. The minimum Gasteiger partial charge on any atom is -0.317 e. The van der Waals surface area contributed by atoms with Gasteiger partial charge in [-0.15, -0.1) is 0 Å². The van der Waals surface area contributed by atoms with Crippen LogP contribution in [0.15, 0.2) is 0 Å². The second-order valence-electron chi connectivity index (χ2n) is 5.96. The van der Waals surface area contributed by atoms with Gasteiger partial charge in [-0.3, -0.25) is 0 Å². The molecule has 0 heterocycles. The van der Waals surface area contributed by atoms with Crippen LogP contribution in [0, 0.1) is 11.8 Å². The molecule has 0 aromatic carbocycles. The maximum absolute atomic E-state index is 11.5. The molecule has 4 heteroatoms. The molecule has 114 valence electrons. The molecule has 1 saturated carbocycles. The second-order valence-corrected chi connectivity index (χ2v) is 8.44. The molecule has 0 bridgehead atoms. The molecule has 1 atom stereocenters. The molecule has 0 amide bonds. The summed E-state index contributed by atoms with van der Waals surface area (Å²) in [7, 11) is -0.776. The van der Waals surface area contributed by atoms with E-state index in [0.29, 0.717) is 11.8 Å². The Balaban J connectivity index is 2.34. The fourth-order valence-electron chi connectivity index (χ4n) is 3.28. The molecule has 1 aliphatic carbocycles. The second kappa shape index (κ2) is 8.25. The van der Waals surface area contributed by atoms with Crippen molar-refractivity contribution < 1.29 is 8.42 Å². The summed E-state index contributed by atoms with van der Waals surface area (Å²) in [5.41, 5.74) is 0. The first-order valence-electron chi connectivity index (χ1n) is 7.90. The van der Waals surface area contributed by atoms with Crippen LogP contribution in [0.4, 0.5) is 0 Å². The average molecular weight is 289 g/mol. The van der Waals surface area contributed by atoms with Gasteiger partial charge >= 0.3 is 0 Å². The fraction of sp³-hybridized carbons (Fsp3) is 1.00. The lowest BCUT2D eigenvalue weighted by atomic mass is 9.77. The Morgan fingerprint density at radius 1 is 1.16 bits per heavy atom. The molecule has 0 saturated heterocycles. The molecule has 0 aromatic heterocycles. The summed E-state index contributed by atoms with van der Waals surface area (Å²) in [6.45, 7) is 4.02. The molecule has 0 aliphatic heterocycles. The first kappa shape index (κ1) is 17.0. The molecule has 1 rings (SSSR count). The van der Waals surface area contributed by atoms with Crippen molar-refractivity contribution in [1.82, 2.24) is 5.32 Å². The quantitative estimate of drug-likeness (QED) is 0.747. The van der Waals surface area contributed by atoms with Crippen molar-refractivity contribution in [3.8, 4) is 0 Å². The Kier molecular flexibility index (Phi) is 7.37. The highest BCUT2D eigenvalue weighted by atomic mass is 32.2. The van der Waals surface area contributed by atoms with Gasteiger partial charge in [0.1, 0.15) is 9.84 Å². The smallest absolute Gasteiger partial charge is 0.150 e. The Morgan fingerprint density at radius 2 is 1.79 bits per heavy atom. The van der Waals surface area contributed by atoms with Gasteiger partial charge < -0.3 is 5.32 Å². The zero-order valence-electron chi connectivity index (χ0n) is 12.8. The van der Waals surface area contributed by atoms with Gasteiger partial charge in [-0.05, 0) is 44.6 Å². The van der Waals surface area contributed by atoms with Crippen molar-refractivity contribution >= 4 is 9.84 Å². The molecule has 0 radical (unpaired) electrons. The first-order chi connectivity index (χ1) is 9.02. The van der Waals surface area contributed by atoms with Crippen molar-refractivity contribution in [1.29, 1.82) is 0 Å². The van der Waals surface area contributed by atoms with Crippen LogP contribution in [-0.4, -0.2) is 33.0 Å². The van der Waals surface area contributed by atoms with Crippen LogP contribution in [0.2, 0.25) is 0 Å². The van der Waals surface area contributed by atoms with Crippen LogP contribution in [0.3, 0.4) is 0 Å². The van der Waals surface area contributed by atoms with E-state index < -0.39 is 9.84 Å². The first-order valence-corrected chi connectivity index (χ1v) is 9.72. The molecule has 1 fully saturated rings. The van der Waals surface area contributed by atoms with E-state index in [-0.39, 0.29) is 5.75 Å². The highest BCUT2D eigenvalue weighted by Crippen LogP contribution is 2.33. The molecule has 0 aromatic rings. The van der Waals surface area contributed by atoms with Gasteiger partial charge in [0, 0.05) is 11.8 Å². The minimum atomic E-state index is -2.79. The molecule has 0 spiro atoms. The summed E-state index contributed by atoms with van der Waals surface area (Å²) >= 11 is 0. The van der Waals surface area contributed by atoms with Gasteiger partial charge in [0.2, 0.25) is 0 Å². The predicted molar refractivity (Wildman–Crippen MR) is 82.1 cm³/mol. The molecule has 1 N–H and O–H groups in total. The number of rotatable bonds is 8. The molecular formula is C15H31NO2S. The molecule has 1 aliphatic rings. The number of hydrogen-bond acceptors (Lipinski definition) is 3. The minimum absolute atomic E-state index is 0.277. The molecule has 19 heavy (non-hydrogen) atoms. The lowest BCUT2D eigenvalue weighted by molar-refractivity contribution is 0.216. The van der Waals surface area contributed by atoms with E-state index in [1.807, 2.05) is 7.05 Å². The molecular weight excluding hydrogens is 258 g/mol. The standard InChI is InChI=1S/C15H31NO2S/c1-4-13-8-10-14(11-9-13)15(16-3)7-6-12-19(17,18)5-2/h13-16H,4-12H2,1-3H3. The fourth-order valence-corrected chi connectivity index (χ4v) is 4.18.